The van der Waals surface area contributed by atoms with Crippen molar-refractivity contribution in [1.29, 1.82) is 0 Å². The molecule has 35 heavy (non-hydrogen) atoms. The maximum absolute atomic E-state index is 13.6. The zero-order valence-electron chi connectivity index (χ0n) is 19.4. The monoisotopic (exact) mass is 500 g/mol. The number of unbranched alkanes of at least 4 members (excludes halogenated alkanes) is 1. The predicted molar refractivity (Wildman–Crippen MR) is 130 cm³/mol. The van der Waals surface area contributed by atoms with E-state index in [4.69, 9.17) is 0 Å². The van der Waals surface area contributed by atoms with Gasteiger partial charge in [-0.05, 0) is 53.6 Å². The summed E-state index contributed by atoms with van der Waals surface area (Å²) in [5.74, 6) is -0.783. The normalized spacial score (nSPS) is 15.5. The van der Waals surface area contributed by atoms with Gasteiger partial charge in [-0.25, -0.2) is 0 Å². The SMILES string of the molecule is CCCCN(CC(=O)N1CCc2sccc2C1c1ccccc1)C(=O)c1cccc(C(F)(F)F)c1. The summed E-state index contributed by atoms with van der Waals surface area (Å²) >= 11 is 1.67. The van der Waals surface area contributed by atoms with Crippen LogP contribution < -0.4 is 0 Å². The Morgan fingerprint density at radius 1 is 1.09 bits per heavy atom. The molecule has 2 aromatic carbocycles. The third kappa shape index (κ3) is 5.59. The van der Waals surface area contributed by atoms with E-state index >= 15 is 0 Å². The van der Waals surface area contributed by atoms with Crippen LogP contribution in [0.1, 0.15) is 57.7 Å². The summed E-state index contributed by atoms with van der Waals surface area (Å²) in [6, 6.07) is 15.9. The lowest BCUT2D eigenvalue weighted by Gasteiger charge is -2.37. The number of fused-ring (bicyclic) bond motifs is 1. The minimum absolute atomic E-state index is 0.0675. The van der Waals surface area contributed by atoms with Crippen molar-refractivity contribution in [3.05, 3.63) is 93.2 Å². The van der Waals surface area contributed by atoms with Gasteiger partial charge < -0.3 is 9.80 Å². The molecule has 0 N–H and O–H groups in total. The smallest absolute Gasteiger partial charge is 0.330 e. The standard InChI is InChI=1S/C27H27F3N2O2S/c1-2-3-14-31(26(34)20-10-7-11-21(17-20)27(28,29)30)18-24(33)32-15-12-23-22(13-16-35-23)25(32)19-8-5-4-6-9-19/h4-11,13,16-17,25H,2-3,12,14-15,18H2,1H3. The van der Waals surface area contributed by atoms with Crippen LogP contribution in [0.2, 0.25) is 0 Å². The van der Waals surface area contributed by atoms with Gasteiger partial charge in [0.05, 0.1) is 11.6 Å². The summed E-state index contributed by atoms with van der Waals surface area (Å²) in [6.07, 6.45) is -2.38. The second-order valence-corrected chi connectivity index (χ2v) is 9.61. The molecule has 0 radical (unpaired) electrons. The van der Waals surface area contributed by atoms with Crippen LogP contribution in [0.5, 0.6) is 0 Å². The van der Waals surface area contributed by atoms with Crippen LogP contribution in [-0.2, 0) is 17.4 Å². The van der Waals surface area contributed by atoms with E-state index in [-0.39, 0.29) is 24.1 Å². The Balaban J connectivity index is 1.60. The maximum Gasteiger partial charge on any atom is 0.416 e. The van der Waals surface area contributed by atoms with E-state index in [1.165, 1.54) is 21.9 Å². The predicted octanol–water partition coefficient (Wildman–Crippen LogP) is 6.18. The molecular weight excluding hydrogens is 473 g/mol. The molecule has 0 saturated heterocycles. The quantitative estimate of drug-likeness (QED) is 0.389. The van der Waals surface area contributed by atoms with Crippen molar-refractivity contribution in [3.63, 3.8) is 0 Å². The van der Waals surface area contributed by atoms with Crippen molar-refractivity contribution < 1.29 is 22.8 Å². The van der Waals surface area contributed by atoms with Crippen LogP contribution in [0, 0.1) is 0 Å². The van der Waals surface area contributed by atoms with E-state index in [1.54, 1.807) is 16.2 Å². The van der Waals surface area contributed by atoms with E-state index in [9.17, 15) is 22.8 Å². The molecule has 4 nitrogen and oxygen atoms in total. The summed E-state index contributed by atoms with van der Waals surface area (Å²) in [6.45, 7) is 2.59. The highest BCUT2D eigenvalue weighted by Gasteiger charge is 2.35. The van der Waals surface area contributed by atoms with Crippen molar-refractivity contribution in [2.24, 2.45) is 0 Å². The number of hydrogen-bond donors (Lipinski definition) is 0. The van der Waals surface area contributed by atoms with Gasteiger partial charge in [-0.3, -0.25) is 9.59 Å². The lowest BCUT2D eigenvalue weighted by Crippen LogP contribution is -2.47. The molecule has 2 heterocycles. The van der Waals surface area contributed by atoms with Gasteiger partial charge in [0.15, 0.2) is 0 Å². The van der Waals surface area contributed by atoms with Crippen molar-refractivity contribution in [1.82, 2.24) is 9.80 Å². The van der Waals surface area contributed by atoms with E-state index in [0.717, 1.165) is 36.1 Å². The number of nitrogens with zero attached hydrogens (tertiary/aromatic N) is 2. The average Bonchev–Trinajstić information content (AvgIpc) is 3.34. The molecule has 0 fully saturated rings. The molecule has 2 amide bonds. The number of carbonyl (C=O) groups is 2. The molecule has 0 saturated carbocycles. The first-order valence-corrected chi connectivity index (χ1v) is 12.5. The highest BCUT2D eigenvalue weighted by atomic mass is 32.1. The van der Waals surface area contributed by atoms with E-state index in [0.29, 0.717) is 19.5 Å². The summed E-state index contributed by atoms with van der Waals surface area (Å²) in [5.41, 5.74) is 1.13. The third-order valence-electron chi connectivity index (χ3n) is 6.23. The van der Waals surface area contributed by atoms with Gasteiger partial charge in [0.2, 0.25) is 5.91 Å². The first kappa shape index (κ1) is 25.0. The minimum Gasteiger partial charge on any atom is -0.330 e. The van der Waals surface area contributed by atoms with Crippen LogP contribution in [0.3, 0.4) is 0 Å². The Kier molecular flexibility index (Phi) is 7.60. The van der Waals surface area contributed by atoms with Gasteiger partial charge in [-0.1, -0.05) is 49.7 Å². The van der Waals surface area contributed by atoms with Gasteiger partial charge in [0, 0.05) is 23.5 Å². The van der Waals surface area contributed by atoms with Crippen molar-refractivity contribution in [2.45, 2.75) is 38.4 Å². The van der Waals surface area contributed by atoms with Gasteiger partial charge in [0.25, 0.3) is 5.91 Å². The number of alkyl halides is 3. The molecule has 1 aliphatic heterocycles. The Morgan fingerprint density at radius 3 is 2.57 bits per heavy atom. The zero-order chi connectivity index (χ0) is 25.0. The van der Waals surface area contributed by atoms with E-state index in [1.807, 2.05) is 48.7 Å². The topological polar surface area (TPSA) is 40.6 Å². The molecule has 0 aliphatic carbocycles. The largest absolute Gasteiger partial charge is 0.416 e. The van der Waals surface area contributed by atoms with Gasteiger partial charge in [-0.15, -0.1) is 11.3 Å². The summed E-state index contributed by atoms with van der Waals surface area (Å²) < 4.78 is 39.6. The molecule has 0 spiro atoms. The molecule has 4 rings (SSSR count). The highest BCUT2D eigenvalue weighted by molar-refractivity contribution is 7.10. The Bertz CT molecular complexity index is 1180. The average molecular weight is 501 g/mol. The van der Waals surface area contributed by atoms with Gasteiger partial charge >= 0.3 is 6.18 Å². The molecule has 1 aromatic heterocycles. The second kappa shape index (κ2) is 10.6. The Hall–Kier alpha value is -3.13. The molecule has 0 bridgehead atoms. The van der Waals surface area contributed by atoms with Crippen molar-refractivity contribution in [3.8, 4) is 0 Å². The summed E-state index contributed by atoms with van der Waals surface area (Å²) in [5, 5.41) is 2.03. The molecular formula is C27H27F3N2O2S. The van der Waals surface area contributed by atoms with Crippen LogP contribution in [0.25, 0.3) is 0 Å². The first-order chi connectivity index (χ1) is 16.8. The number of hydrogen-bond acceptors (Lipinski definition) is 3. The van der Waals surface area contributed by atoms with Gasteiger partial charge in [0.1, 0.15) is 6.54 Å². The van der Waals surface area contributed by atoms with Gasteiger partial charge in [-0.2, -0.15) is 13.2 Å². The fraction of sp³-hybridized carbons (Fsp3) is 0.333. The molecule has 1 atom stereocenters. The van der Waals surface area contributed by atoms with E-state index < -0.39 is 17.6 Å². The van der Waals surface area contributed by atoms with Crippen LogP contribution >= 0.6 is 11.3 Å². The van der Waals surface area contributed by atoms with Crippen LogP contribution in [-0.4, -0.2) is 41.2 Å². The first-order valence-electron chi connectivity index (χ1n) is 11.7. The third-order valence-corrected chi connectivity index (χ3v) is 7.23. The molecule has 3 aromatic rings. The number of benzene rings is 2. The molecule has 184 valence electrons. The fourth-order valence-electron chi connectivity index (χ4n) is 4.45. The lowest BCUT2D eigenvalue weighted by molar-refractivity contribution is -0.137. The number of thiophene rings is 1. The number of halogens is 3. The van der Waals surface area contributed by atoms with Crippen molar-refractivity contribution >= 4 is 23.2 Å². The number of rotatable bonds is 7. The molecule has 8 heteroatoms. The lowest BCUT2D eigenvalue weighted by atomic mass is 9.93. The summed E-state index contributed by atoms with van der Waals surface area (Å²) in [7, 11) is 0. The summed E-state index contributed by atoms with van der Waals surface area (Å²) in [4.78, 5) is 31.3. The Labute approximate surface area is 207 Å². The van der Waals surface area contributed by atoms with Crippen LogP contribution in [0.15, 0.2) is 66.0 Å². The fourth-order valence-corrected chi connectivity index (χ4v) is 5.35. The van der Waals surface area contributed by atoms with Crippen molar-refractivity contribution in [2.75, 3.05) is 19.6 Å². The number of carbonyl (C=O) groups excluding carboxylic acids is 2. The highest BCUT2D eigenvalue weighted by Crippen LogP contribution is 2.38. The maximum atomic E-state index is 13.6. The minimum atomic E-state index is -4.55. The molecule has 1 unspecified atom stereocenters. The van der Waals surface area contributed by atoms with E-state index in [2.05, 4.69) is 0 Å². The Morgan fingerprint density at radius 2 is 1.86 bits per heavy atom. The molecule has 1 aliphatic rings. The van der Waals surface area contributed by atoms with Crippen LogP contribution in [0.4, 0.5) is 13.2 Å². The second-order valence-electron chi connectivity index (χ2n) is 8.61. The number of amides is 2. The zero-order valence-corrected chi connectivity index (χ0v) is 20.2.